The van der Waals surface area contributed by atoms with E-state index in [1.165, 1.54) is 0 Å². The number of aryl methyl sites for hydroxylation is 2. The van der Waals surface area contributed by atoms with Gasteiger partial charge < -0.3 is 0 Å². The van der Waals surface area contributed by atoms with E-state index >= 15 is 0 Å². The molecule has 19 heavy (non-hydrogen) atoms. The maximum atomic E-state index is 12.6. The molecule has 1 aromatic heterocycles. The number of halogens is 2. The number of carbonyl (C=O) groups is 1. The maximum Gasteiger partial charge on any atom is 0.212 e. The lowest BCUT2D eigenvalue weighted by molar-refractivity contribution is 0.102. The fourth-order valence-corrected chi connectivity index (χ4v) is 2.62. The summed E-state index contributed by atoms with van der Waals surface area (Å²) in [5.74, 6) is -0.00609. The summed E-state index contributed by atoms with van der Waals surface area (Å²) in [5, 5.41) is 4.23. The molecule has 0 bridgehead atoms. The van der Waals surface area contributed by atoms with Gasteiger partial charge in [0.2, 0.25) is 5.78 Å². The average Bonchev–Trinajstić information content (AvgIpc) is 2.74. The predicted molar refractivity (Wildman–Crippen MR) is 82.5 cm³/mol. The van der Waals surface area contributed by atoms with Crippen molar-refractivity contribution in [3.8, 4) is 0 Å². The zero-order valence-electron chi connectivity index (χ0n) is 10.8. The minimum Gasteiger partial charge on any atom is -0.287 e. The van der Waals surface area contributed by atoms with Crippen LogP contribution in [0.5, 0.6) is 0 Å². The SMILES string of the molecule is CCCn1ncc(Br)c1C(=O)c1ccc(Br)c(C)c1. The van der Waals surface area contributed by atoms with E-state index in [-0.39, 0.29) is 5.78 Å². The lowest BCUT2D eigenvalue weighted by Gasteiger charge is -2.07. The van der Waals surface area contributed by atoms with Gasteiger partial charge in [-0.05, 0) is 53.0 Å². The number of aromatic nitrogens is 2. The average molecular weight is 386 g/mol. The van der Waals surface area contributed by atoms with Crippen LogP contribution in [0.1, 0.15) is 35.0 Å². The Bertz CT molecular complexity index is 620. The van der Waals surface area contributed by atoms with Crippen LogP contribution in [0.2, 0.25) is 0 Å². The summed E-state index contributed by atoms with van der Waals surface area (Å²) in [6, 6.07) is 5.62. The second-order valence-electron chi connectivity index (χ2n) is 4.36. The van der Waals surface area contributed by atoms with Crippen molar-refractivity contribution in [3.05, 3.63) is 50.2 Å². The van der Waals surface area contributed by atoms with E-state index in [1.54, 1.807) is 10.9 Å². The first-order valence-electron chi connectivity index (χ1n) is 6.06. The van der Waals surface area contributed by atoms with Crippen molar-refractivity contribution in [1.82, 2.24) is 9.78 Å². The summed E-state index contributed by atoms with van der Waals surface area (Å²) < 4.78 is 3.50. The van der Waals surface area contributed by atoms with Gasteiger partial charge in [-0.15, -0.1) is 0 Å². The molecule has 0 aliphatic heterocycles. The van der Waals surface area contributed by atoms with E-state index in [1.807, 2.05) is 25.1 Å². The van der Waals surface area contributed by atoms with Crippen LogP contribution in [0.3, 0.4) is 0 Å². The van der Waals surface area contributed by atoms with Gasteiger partial charge in [-0.25, -0.2) is 0 Å². The molecule has 3 nitrogen and oxygen atoms in total. The molecule has 5 heteroatoms. The summed E-state index contributed by atoms with van der Waals surface area (Å²) in [7, 11) is 0. The molecule has 0 aliphatic carbocycles. The first-order valence-corrected chi connectivity index (χ1v) is 7.65. The van der Waals surface area contributed by atoms with Gasteiger partial charge in [-0.1, -0.05) is 22.9 Å². The van der Waals surface area contributed by atoms with Gasteiger partial charge in [0.05, 0.1) is 10.7 Å². The lowest BCUT2D eigenvalue weighted by Crippen LogP contribution is -2.12. The monoisotopic (exact) mass is 384 g/mol. The van der Waals surface area contributed by atoms with Crippen molar-refractivity contribution < 1.29 is 4.79 Å². The van der Waals surface area contributed by atoms with Gasteiger partial charge in [0.15, 0.2) is 0 Å². The molecule has 0 amide bonds. The van der Waals surface area contributed by atoms with Crippen LogP contribution in [0.25, 0.3) is 0 Å². The Morgan fingerprint density at radius 3 is 2.68 bits per heavy atom. The highest BCUT2D eigenvalue weighted by Gasteiger charge is 2.18. The summed E-state index contributed by atoms with van der Waals surface area (Å²) >= 11 is 6.85. The number of carbonyl (C=O) groups excluding carboxylic acids is 1. The lowest BCUT2D eigenvalue weighted by atomic mass is 10.1. The Morgan fingerprint density at radius 2 is 2.05 bits per heavy atom. The number of hydrogen-bond donors (Lipinski definition) is 0. The van der Waals surface area contributed by atoms with Crippen LogP contribution in [0.15, 0.2) is 33.3 Å². The number of benzene rings is 1. The standard InChI is InChI=1S/C14H14Br2N2O/c1-3-6-18-13(12(16)8-17-18)14(19)10-4-5-11(15)9(2)7-10/h4-5,7-8H,3,6H2,1-2H3. The van der Waals surface area contributed by atoms with Crippen LogP contribution in [-0.4, -0.2) is 15.6 Å². The summed E-state index contributed by atoms with van der Waals surface area (Å²) in [4.78, 5) is 12.6. The number of nitrogens with zero attached hydrogens (tertiary/aromatic N) is 2. The van der Waals surface area contributed by atoms with Crippen LogP contribution in [-0.2, 0) is 6.54 Å². The molecule has 2 aromatic rings. The van der Waals surface area contributed by atoms with E-state index < -0.39 is 0 Å². The molecule has 2 rings (SSSR count). The third-order valence-electron chi connectivity index (χ3n) is 2.87. The first-order chi connectivity index (χ1) is 9.04. The number of rotatable bonds is 4. The molecule has 0 unspecified atom stereocenters. The van der Waals surface area contributed by atoms with E-state index in [4.69, 9.17) is 0 Å². The minimum atomic E-state index is -0.00609. The molecule has 1 aromatic carbocycles. The second-order valence-corrected chi connectivity index (χ2v) is 6.07. The molecule has 0 atom stereocenters. The maximum absolute atomic E-state index is 12.6. The minimum absolute atomic E-state index is 0.00609. The van der Waals surface area contributed by atoms with Crippen LogP contribution in [0, 0.1) is 6.92 Å². The Kier molecular flexibility index (Phi) is 4.58. The molecule has 0 fully saturated rings. The Balaban J connectivity index is 2.43. The smallest absolute Gasteiger partial charge is 0.212 e. The van der Waals surface area contributed by atoms with Crippen molar-refractivity contribution in [2.75, 3.05) is 0 Å². The van der Waals surface area contributed by atoms with E-state index in [0.29, 0.717) is 11.3 Å². The van der Waals surface area contributed by atoms with Gasteiger partial charge in [0, 0.05) is 16.6 Å². The fraction of sp³-hybridized carbons (Fsp3) is 0.286. The van der Waals surface area contributed by atoms with E-state index in [2.05, 4.69) is 43.9 Å². The number of hydrogen-bond acceptors (Lipinski definition) is 2. The first kappa shape index (κ1) is 14.5. The highest BCUT2D eigenvalue weighted by molar-refractivity contribution is 9.10. The van der Waals surface area contributed by atoms with Crippen LogP contribution < -0.4 is 0 Å². The Hall–Kier alpha value is -0.940. The molecule has 0 aliphatic rings. The van der Waals surface area contributed by atoms with Crippen molar-refractivity contribution >= 4 is 37.6 Å². The largest absolute Gasteiger partial charge is 0.287 e. The normalized spacial score (nSPS) is 10.7. The third kappa shape index (κ3) is 2.98. The van der Waals surface area contributed by atoms with Gasteiger partial charge in [-0.2, -0.15) is 5.10 Å². The highest BCUT2D eigenvalue weighted by Crippen LogP contribution is 2.23. The van der Waals surface area contributed by atoms with E-state index in [9.17, 15) is 4.79 Å². The van der Waals surface area contributed by atoms with Gasteiger partial charge >= 0.3 is 0 Å². The van der Waals surface area contributed by atoms with Gasteiger partial charge in [-0.3, -0.25) is 9.48 Å². The second kappa shape index (κ2) is 6.01. The third-order valence-corrected chi connectivity index (χ3v) is 4.34. The van der Waals surface area contributed by atoms with Crippen molar-refractivity contribution in [2.45, 2.75) is 26.8 Å². The molecule has 100 valence electrons. The Morgan fingerprint density at radius 1 is 1.32 bits per heavy atom. The molecule has 0 spiro atoms. The topological polar surface area (TPSA) is 34.9 Å². The van der Waals surface area contributed by atoms with Crippen LogP contribution >= 0.6 is 31.9 Å². The fourth-order valence-electron chi connectivity index (χ4n) is 1.89. The summed E-state index contributed by atoms with van der Waals surface area (Å²) in [6.45, 7) is 4.77. The molecule has 0 radical (unpaired) electrons. The molecule has 1 heterocycles. The Labute approximate surface area is 129 Å². The van der Waals surface area contributed by atoms with Crippen molar-refractivity contribution in [2.24, 2.45) is 0 Å². The molecule has 0 saturated carbocycles. The zero-order chi connectivity index (χ0) is 14.0. The van der Waals surface area contributed by atoms with Gasteiger partial charge in [0.25, 0.3) is 0 Å². The molecular weight excluding hydrogens is 372 g/mol. The zero-order valence-corrected chi connectivity index (χ0v) is 14.0. The molecule has 0 saturated heterocycles. The predicted octanol–water partition coefficient (Wildman–Crippen LogP) is 4.36. The van der Waals surface area contributed by atoms with Crippen LogP contribution in [0.4, 0.5) is 0 Å². The van der Waals surface area contributed by atoms with Crippen molar-refractivity contribution in [1.29, 1.82) is 0 Å². The highest BCUT2D eigenvalue weighted by atomic mass is 79.9. The summed E-state index contributed by atoms with van der Waals surface area (Å²) in [6.07, 6.45) is 2.61. The van der Waals surface area contributed by atoms with Crippen molar-refractivity contribution in [3.63, 3.8) is 0 Å². The summed E-state index contributed by atoms with van der Waals surface area (Å²) in [5.41, 5.74) is 2.34. The molecule has 0 N–H and O–H groups in total. The quantitative estimate of drug-likeness (QED) is 0.733. The van der Waals surface area contributed by atoms with Gasteiger partial charge in [0.1, 0.15) is 5.69 Å². The molecular formula is C14H14Br2N2O. The van der Waals surface area contributed by atoms with E-state index in [0.717, 1.165) is 27.5 Å². The number of ketones is 1.